The Labute approximate surface area is 140 Å². The highest BCUT2D eigenvalue weighted by Crippen LogP contribution is 2.14. The Hall–Kier alpha value is -2.15. The average molecular weight is 348 g/mol. The maximum Gasteiger partial charge on any atom is 0.251 e. The molecule has 1 fully saturated rings. The van der Waals surface area contributed by atoms with Crippen molar-refractivity contribution >= 4 is 26.6 Å². The Morgan fingerprint density at radius 3 is 2.83 bits per heavy atom. The zero-order chi connectivity index (χ0) is 17.3. The number of aromatic nitrogens is 1. The summed E-state index contributed by atoms with van der Waals surface area (Å²) in [5.74, 6) is -0.0865. The van der Waals surface area contributed by atoms with Crippen LogP contribution in [-0.4, -0.2) is 36.9 Å². The van der Waals surface area contributed by atoms with Gasteiger partial charge in [-0.2, -0.15) is 0 Å². The number of amides is 1. The Morgan fingerprint density at radius 2 is 2.12 bits per heavy atom. The van der Waals surface area contributed by atoms with Crippen LogP contribution in [0.2, 0.25) is 0 Å². The molecule has 1 amide bonds. The Morgan fingerprint density at radius 1 is 1.33 bits per heavy atom. The van der Waals surface area contributed by atoms with Crippen LogP contribution in [0.15, 0.2) is 29.1 Å². The van der Waals surface area contributed by atoms with Gasteiger partial charge >= 0.3 is 0 Å². The first-order valence-electron chi connectivity index (χ1n) is 7.95. The molecular weight excluding hydrogens is 328 g/mol. The smallest absolute Gasteiger partial charge is 0.251 e. The van der Waals surface area contributed by atoms with Gasteiger partial charge in [-0.25, -0.2) is 8.42 Å². The SMILES string of the molecule is Cc1ccc2cc(CCC(=O)N[C@@H]3CCS(=O)(=O)C3)c(=O)[nH]c2c1. The first kappa shape index (κ1) is 16.7. The van der Waals surface area contributed by atoms with Gasteiger partial charge in [0.2, 0.25) is 5.91 Å². The number of hydrogen-bond donors (Lipinski definition) is 2. The summed E-state index contributed by atoms with van der Waals surface area (Å²) in [7, 11) is -3.01. The van der Waals surface area contributed by atoms with Gasteiger partial charge in [0.25, 0.3) is 5.56 Å². The second-order valence-electron chi connectivity index (χ2n) is 6.38. The first-order chi connectivity index (χ1) is 11.3. The maximum absolute atomic E-state index is 12.1. The number of aromatic amines is 1. The van der Waals surface area contributed by atoms with Crippen molar-refractivity contribution in [3.63, 3.8) is 0 Å². The molecular formula is C17H20N2O4S. The van der Waals surface area contributed by atoms with Gasteiger partial charge in [-0.3, -0.25) is 9.59 Å². The third-order valence-electron chi connectivity index (χ3n) is 4.30. The summed E-state index contributed by atoms with van der Waals surface area (Å²) in [6.07, 6.45) is 0.950. The number of carbonyl (C=O) groups excluding carboxylic acids is 1. The number of fused-ring (bicyclic) bond motifs is 1. The largest absolute Gasteiger partial charge is 0.352 e. The Bertz CT molecular complexity index is 947. The van der Waals surface area contributed by atoms with E-state index in [9.17, 15) is 18.0 Å². The molecule has 2 heterocycles. The van der Waals surface area contributed by atoms with Crippen molar-refractivity contribution in [3.05, 3.63) is 45.7 Å². The molecule has 6 nitrogen and oxygen atoms in total. The van der Waals surface area contributed by atoms with Crippen LogP contribution in [0, 0.1) is 6.92 Å². The number of nitrogens with one attached hydrogen (secondary N) is 2. The minimum absolute atomic E-state index is 0.00858. The minimum Gasteiger partial charge on any atom is -0.352 e. The van der Waals surface area contributed by atoms with E-state index in [-0.39, 0.29) is 35.4 Å². The van der Waals surface area contributed by atoms with Gasteiger partial charge in [-0.05, 0) is 42.8 Å². The molecule has 128 valence electrons. The lowest BCUT2D eigenvalue weighted by Crippen LogP contribution is -2.35. The van der Waals surface area contributed by atoms with E-state index in [1.807, 2.05) is 25.1 Å². The number of carbonyl (C=O) groups is 1. The minimum atomic E-state index is -3.01. The zero-order valence-corrected chi connectivity index (χ0v) is 14.3. The van der Waals surface area contributed by atoms with E-state index in [0.717, 1.165) is 16.5 Å². The lowest BCUT2D eigenvalue weighted by atomic mass is 10.1. The Balaban J connectivity index is 1.65. The number of benzene rings is 1. The zero-order valence-electron chi connectivity index (χ0n) is 13.5. The summed E-state index contributed by atoms with van der Waals surface area (Å²) in [4.78, 5) is 26.9. The van der Waals surface area contributed by atoms with Crippen LogP contribution in [0.3, 0.4) is 0 Å². The van der Waals surface area contributed by atoms with Crippen LogP contribution in [-0.2, 0) is 21.1 Å². The molecule has 7 heteroatoms. The van der Waals surface area contributed by atoms with E-state index in [1.165, 1.54) is 0 Å². The number of H-pyrrole nitrogens is 1. The van der Waals surface area contributed by atoms with E-state index in [0.29, 0.717) is 18.4 Å². The van der Waals surface area contributed by atoms with Crippen LogP contribution in [0.1, 0.15) is 24.0 Å². The van der Waals surface area contributed by atoms with Crippen molar-refractivity contribution in [2.45, 2.75) is 32.2 Å². The van der Waals surface area contributed by atoms with Gasteiger partial charge in [-0.1, -0.05) is 12.1 Å². The summed E-state index contributed by atoms with van der Waals surface area (Å²) >= 11 is 0. The molecule has 3 rings (SSSR count). The summed E-state index contributed by atoms with van der Waals surface area (Å²) < 4.78 is 22.8. The summed E-state index contributed by atoms with van der Waals surface area (Å²) in [5.41, 5.74) is 2.21. The van der Waals surface area contributed by atoms with E-state index < -0.39 is 9.84 Å². The van der Waals surface area contributed by atoms with Gasteiger partial charge in [0.05, 0.1) is 11.5 Å². The lowest BCUT2D eigenvalue weighted by Gasteiger charge is -2.10. The predicted octanol–water partition coefficient (Wildman–Crippen LogP) is 1.07. The normalized spacial score (nSPS) is 19.5. The van der Waals surface area contributed by atoms with Crippen LogP contribution in [0.25, 0.3) is 10.9 Å². The van der Waals surface area contributed by atoms with E-state index in [1.54, 1.807) is 6.07 Å². The summed E-state index contributed by atoms with van der Waals surface area (Å²) in [6, 6.07) is 7.32. The van der Waals surface area contributed by atoms with Crippen LogP contribution >= 0.6 is 0 Å². The van der Waals surface area contributed by atoms with Crippen molar-refractivity contribution in [1.82, 2.24) is 10.3 Å². The fraction of sp³-hybridized carbons (Fsp3) is 0.412. The quantitative estimate of drug-likeness (QED) is 0.864. The molecule has 1 aliphatic heterocycles. The molecule has 2 aromatic rings. The van der Waals surface area contributed by atoms with Crippen LogP contribution in [0.4, 0.5) is 0 Å². The van der Waals surface area contributed by atoms with Gasteiger partial charge in [-0.15, -0.1) is 0 Å². The predicted molar refractivity (Wildman–Crippen MR) is 92.8 cm³/mol. The fourth-order valence-electron chi connectivity index (χ4n) is 3.00. The maximum atomic E-state index is 12.1. The number of rotatable bonds is 4. The highest BCUT2D eigenvalue weighted by atomic mass is 32.2. The molecule has 1 atom stereocenters. The van der Waals surface area contributed by atoms with Crippen molar-refractivity contribution in [1.29, 1.82) is 0 Å². The molecule has 2 N–H and O–H groups in total. The fourth-order valence-corrected chi connectivity index (χ4v) is 4.68. The van der Waals surface area contributed by atoms with Crippen molar-refractivity contribution in [2.24, 2.45) is 0 Å². The number of sulfone groups is 1. The Kier molecular flexibility index (Phi) is 4.45. The third kappa shape index (κ3) is 3.84. The standard InChI is InChI=1S/C17H20N2O4S/c1-11-2-3-12-9-13(17(21)19-15(12)8-11)4-5-16(20)18-14-6-7-24(22,23)10-14/h2-3,8-9,14H,4-7,10H2,1H3,(H,18,20)(H,19,21)/t14-/m1/s1. The second kappa shape index (κ2) is 6.39. The van der Waals surface area contributed by atoms with Crippen molar-refractivity contribution in [2.75, 3.05) is 11.5 Å². The molecule has 1 aliphatic rings. The van der Waals surface area contributed by atoms with Gasteiger partial charge in [0.1, 0.15) is 0 Å². The second-order valence-corrected chi connectivity index (χ2v) is 8.61. The van der Waals surface area contributed by atoms with Crippen molar-refractivity contribution < 1.29 is 13.2 Å². The van der Waals surface area contributed by atoms with Crippen molar-refractivity contribution in [3.8, 4) is 0 Å². The molecule has 24 heavy (non-hydrogen) atoms. The highest BCUT2D eigenvalue weighted by molar-refractivity contribution is 7.91. The van der Waals surface area contributed by atoms with Crippen LogP contribution in [0.5, 0.6) is 0 Å². The number of aryl methyl sites for hydroxylation is 2. The molecule has 0 spiro atoms. The van der Waals surface area contributed by atoms with E-state index in [4.69, 9.17) is 0 Å². The van der Waals surface area contributed by atoms with E-state index >= 15 is 0 Å². The molecule has 1 saturated heterocycles. The number of hydrogen-bond acceptors (Lipinski definition) is 4. The van der Waals surface area contributed by atoms with Gasteiger partial charge in [0.15, 0.2) is 9.84 Å². The van der Waals surface area contributed by atoms with Gasteiger partial charge in [0, 0.05) is 23.5 Å². The molecule has 0 unspecified atom stereocenters. The topological polar surface area (TPSA) is 96.1 Å². The summed E-state index contributed by atoms with van der Waals surface area (Å²) in [6.45, 7) is 1.96. The molecule has 0 radical (unpaired) electrons. The molecule has 0 bridgehead atoms. The van der Waals surface area contributed by atoms with E-state index in [2.05, 4.69) is 10.3 Å². The lowest BCUT2D eigenvalue weighted by molar-refractivity contribution is -0.121. The molecule has 0 saturated carbocycles. The first-order valence-corrected chi connectivity index (χ1v) is 9.77. The van der Waals surface area contributed by atoms with Gasteiger partial charge < -0.3 is 10.3 Å². The molecule has 1 aromatic heterocycles. The monoisotopic (exact) mass is 348 g/mol. The van der Waals surface area contributed by atoms with Crippen LogP contribution < -0.4 is 10.9 Å². The summed E-state index contributed by atoms with van der Waals surface area (Å²) in [5, 5.41) is 3.67. The average Bonchev–Trinajstić information content (AvgIpc) is 2.84. The molecule has 0 aliphatic carbocycles. The number of pyridine rings is 1. The molecule has 1 aromatic carbocycles. The highest BCUT2D eigenvalue weighted by Gasteiger charge is 2.28. The third-order valence-corrected chi connectivity index (χ3v) is 6.07.